The lowest BCUT2D eigenvalue weighted by Crippen LogP contribution is -2.14. The summed E-state index contributed by atoms with van der Waals surface area (Å²) in [6.45, 7) is 12.8. The Hall–Kier alpha value is -3.34. The fourth-order valence-electron chi connectivity index (χ4n) is 2.97. The van der Waals surface area contributed by atoms with Gasteiger partial charge >= 0.3 is 0 Å². The van der Waals surface area contributed by atoms with Crippen LogP contribution in [0.15, 0.2) is 67.4 Å². The first-order chi connectivity index (χ1) is 13.9. The topological polar surface area (TPSA) is 59.1 Å². The summed E-state index contributed by atoms with van der Waals surface area (Å²) in [5.41, 5.74) is 4.27. The summed E-state index contributed by atoms with van der Waals surface area (Å²) in [7, 11) is 0. The van der Waals surface area contributed by atoms with Crippen molar-refractivity contribution in [3.05, 3.63) is 78.5 Å². The molecule has 5 nitrogen and oxygen atoms in total. The number of nitrogens with zero attached hydrogens (tertiary/aromatic N) is 2. The maximum atomic E-state index is 5.63. The van der Waals surface area contributed by atoms with Crippen LogP contribution in [-0.2, 0) is 5.41 Å². The van der Waals surface area contributed by atoms with Gasteiger partial charge in [-0.25, -0.2) is 4.98 Å². The molecule has 29 heavy (non-hydrogen) atoms. The predicted molar refractivity (Wildman–Crippen MR) is 121 cm³/mol. The Morgan fingerprint density at radius 3 is 2.59 bits per heavy atom. The summed E-state index contributed by atoms with van der Waals surface area (Å²) in [6, 6.07) is 16.0. The zero-order valence-electron chi connectivity index (χ0n) is 17.5. The lowest BCUT2D eigenvalue weighted by atomic mass is 9.86. The molecule has 0 radical (unpaired) electrons. The molecule has 0 fully saturated rings. The molecule has 3 rings (SSSR count). The predicted octanol–water partition coefficient (Wildman–Crippen LogP) is 6.13. The molecule has 0 spiro atoms. The molecule has 2 N–H and O–H groups in total. The van der Waals surface area contributed by atoms with E-state index in [1.165, 1.54) is 5.56 Å². The van der Waals surface area contributed by atoms with E-state index in [1.54, 1.807) is 12.3 Å². The van der Waals surface area contributed by atoms with Crippen molar-refractivity contribution in [1.29, 1.82) is 0 Å². The molecule has 0 saturated carbocycles. The Bertz CT molecular complexity index is 992. The summed E-state index contributed by atoms with van der Waals surface area (Å²) in [5, 5.41) is 6.72. The zero-order chi connectivity index (χ0) is 20.9. The molecule has 0 aliphatic rings. The summed E-state index contributed by atoms with van der Waals surface area (Å²) < 4.78 is 5.63. The van der Waals surface area contributed by atoms with Gasteiger partial charge in [-0.3, -0.25) is 0 Å². The molecule has 150 valence electrons. The number of hydrogen-bond donors (Lipinski definition) is 2. The van der Waals surface area contributed by atoms with Crippen LogP contribution in [0.1, 0.15) is 31.9 Å². The van der Waals surface area contributed by atoms with Crippen LogP contribution in [0.3, 0.4) is 0 Å². The largest absolute Gasteiger partial charge is 0.489 e. The molecule has 0 aliphatic carbocycles. The van der Waals surface area contributed by atoms with Gasteiger partial charge in [0.25, 0.3) is 0 Å². The third-order valence-electron chi connectivity index (χ3n) is 4.48. The second-order valence-electron chi connectivity index (χ2n) is 7.89. The first-order valence-corrected chi connectivity index (χ1v) is 9.68. The Kier molecular flexibility index (Phi) is 6.17. The van der Waals surface area contributed by atoms with Crippen LogP contribution >= 0.6 is 0 Å². The Labute approximate surface area is 172 Å². The number of anilines is 4. The Balaban J connectivity index is 1.82. The van der Waals surface area contributed by atoms with Crippen LogP contribution in [0.25, 0.3) is 0 Å². The first kappa shape index (κ1) is 20.4. The van der Waals surface area contributed by atoms with Crippen LogP contribution in [0, 0.1) is 6.92 Å². The third kappa shape index (κ3) is 5.35. The van der Waals surface area contributed by atoms with E-state index in [4.69, 9.17) is 4.74 Å². The van der Waals surface area contributed by atoms with E-state index in [2.05, 4.69) is 66.2 Å². The highest BCUT2D eigenvalue weighted by molar-refractivity contribution is 5.65. The van der Waals surface area contributed by atoms with Crippen LogP contribution < -0.4 is 15.4 Å². The Morgan fingerprint density at radius 1 is 1.03 bits per heavy atom. The normalized spacial score (nSPS) is 11.0. The highest BCUT2D eigenvalue weighted by atomic mass is 16.5. The minimum absolute atomic E-state index is 0.0163. The molecule has 0 unspecified atom stereocenters. The van der Waals surface area contributed by atoms with Crippen molar-refractivity contribution < 1.29 is 4.74 Å². The summed E-state index contributed by atoms with van der Waals surface area (Å²) in [4.78, 5) is 9.01. The maximum absolute atomic E-state index is 5.63. The smallest absolute Gasteiger partial charge is 0.229 e. The van der Waals surface area contributed by atoms with Gasteiger partial charge in [0.2, 0.25) is 5.95 Å². The summed E-state index contributed by atoms with van der Waals surface area (Å²) in [6.07, 6.45) is 3.47. The van der Waals surface area contributed by atoms with Crippen molar-refractivity contribution in [2.75, 3.05) is 17.2 Å². The van der Waals surface area contributed by atoms with Crippen molar-refractivity contribution in [1.82, 2.24) is 9.97 Å². The van der Waals surface area contributed by atoms with Crippen LogP contribution in [0.5, 0.6) is 5.75 Å². The van der Waals surface area contributed by atoms with E-state index in [9.17, 15) is 0 Å². The maximum Gasteiger partial charge on any atom is 0.229 e. The lowest BCUT2D eigenvalue weighted by Gasteiger charge is -2.23. The van der Waals surface area contributed by atoms with Crippen molar-refractivity contribution in [3.8, 4) is 5.75 Å². The van der Waals surface area contributed by atoms with E-state index in [0.717, 1.165) is 22.7 Å². The molecule has 0 amide bonds. The number of aromatic nitrogens is 2. The number of hydrogen-bond acceptors (Lipinski definition) is 5. The molecule has 1 heterocycles. The van der Waals surface area contributed by atoms with Crippen molar-refractivity contribution in [2.24, 2.45) is 0 Å². The standard InChI is InChI=1S/C24H28N4O/c1-6-15-29-18-12-11-17(2)21(16-18)26-22-13-14-25-23(28-22)27-20-10-8-7-9-19(20)24(3,4)5/h6-14,16H,1,15H2,2-5H3,(H2,25,26,27,28). The minimum Gasteiger partial charge on any atom is -0.489 e. The van der Waals surface area contributed by atoms with Gasteiger partial charge < -0.3 is 15.4 Å². The van der Waals surface area contributed by atoms with Crippen molar-refractivity contribution >= 4 is 23.1 Å². The third-order valence-corrected chi connectivity index (χ3v) is 4.48. The Morgan fingerprint density at radius 2 is 1.83 bits per heavy atom. The van der Waals surface area contributed by atoms with E-state index in [0.29, 0.717) is 18.4 Å². The van der Waals surface area contributed by atoms with Gasteiger partial charge in [-0.2, -0.15) is 4.98 Å². The lowest BCUT2D eigenvalue weighted by molar-refractivity contribution is 0.363. The number of benzene rings is 2. The molecule has 0 aliphatic heterocycles. The molecule has 2 aromatic carbocycles. The second-order valence-corrected chi connectivity index (χ2v) is 7.89. The number of rotatable bonds is 7. The molecular formula is C24H28N4O. The van der Waals surface area contributed by atoms with E-state index >= 15 is 0 Å². The van der Waals surface area contributed by atoms with Gasteiger partial charge in [-0.15, -0.1) is 0 Å². The molecule has 3 aromatic rings. The highest BCUT2D eigenvalue weighted by Crippen LogP contribution is 2.31. The number of ether oxygens (including phenoxy) is 1. The first-order valence-electron chi connectivity index (χ1n) is 9.68. The average molecular weight is 389 g/mol. The van der Waals surface area contributed by atoms with Gasteiger partial charge in [0.15, 0.2) is 0 Å². The molecule has 5 heteroatoms. The monoisotopic (exact) mass is 388 g/mol. The highest BCUT2D eigenvalue weighted by Gasteiger charge is 2.18. The van der Waals surface area contributed by atoms with E-state index in [1.807, 2.05) is 37.3 Å². The van der Waals surface area contributed by atoms with Gasteiger partial charge in [0.05, 0.1) is 0 Å². The minimum atomic E-state index is 0.0163. The van der Waals surface area contributed by atoms with Gasteiger partial charge in [0.1, 0.15) is 18.2 Å². The molecule has 1 aromatic heterocycles. The number of para-hydroxylation sites is 1. The molecular weight excluding hydrogens is 360 g/mol. The quantitative estimate of drug-likeness (QED) is 0.477. The van der Waals surface area contributed by atoms with Crippen molar-refractivity contribution in [3.63, 3.8) is 0 Å². The van der Waals surface area contributed by atoms with Gasteiger partial charge in [-0.05, 0) is 41.7 Å². The van der Waals surface area contributed by atoms with Crippen LogP contribution in [-0.4, -0.2) is 16.6 Å². The number of nitrogens with one attached hydrogen (secondary N) is 2. The van der Waals surface area contributed by atoms with Crippen molar-refractivity contribution in [2.45, 2.75) is 33.1 Å². The van der Waals surface area contributed by atoms with Gasteiger partial charge in [0, 0.05) is 23.6 Å². The van der Waals surface area contributed by atoms with Gasteiger partial charge in [-0.1, -0.05) is 57.7 Å². The van der Waals surface area contributed by atoms with E-state index < -0.39 is 0 Å². The molecule has 0 bridgehead atoms. The SMILES string of the molecule is C=CCOc1ccc(C)c(Nc2ccnc(Nc3ccccc3C(C)(C)C)n2)c1. The zero-order valence-corrected chi connectivity index (χ0v) is 17.5. The number of aryl methyl sites for hydroxylation is 1. The average Bonchev–Trinajstić information content (AvgIpc) is 2.68. The summed E-state index contributed by atoms with van der Waals surface area (Å²) >= 11 is 0. The summed E-state index contributed by atoms with van der Waals surface area (Å²) in [5.74, 6) is 2.03. The van der Waals surface area contributed by atoms with E-state index in [-0.39, 0.29) is 5.41 Å². The second kappa shape index (κ2) is 8.78. The molecule has 0 atom stereocenters. The van der Waals surface area contributed by atoms with Crippen LogP contribution in [0.2, 0.25) is 0 Å². The molecule has 0 saturated heterocycles. The fraction of sp³-hybridized carbons (Fsp3) is 0.250. The fourth-order valence-corrected chi connectivity index (χ4v) is 2.97. The van der Waals surface area contributed by atoms with Crippen LogP contribution in [0.4, 0.5) is 23.1 Å².